The van der Waals surface area contributed by atoms with Gasteiger partial charge < -0.3 is 19.7 Å². The molecule has 5 rings (SSSR count). The zero-order valence-corrected chi connectivity index (χ0v) is 21.0. The Labute approximate surface area is 212 Å². The Hall–Kier alpha value is -3.80. The summed E-state index contributed by atoms with van der Waals surface area (Å²) in [5, 5.41) is 3.14. The number of carbonyl (C=O) groups excluding carboxylic acids is 2. The summed E-state index contributed by atoms with van der Waals surface area (Å²) in [5.41, 5.74) is 5.29. The molecule has 2 atom stereocenters. The number of anilines is 1. The lowest BCUT2D eigenvalue weighted by molar-refractivity contribution is -0.119. The molecule has 0 unspecified atom stereocenters. The Morgan fingerprint density at radius 1 is 0.944 bits per heavy atom. The van der Waals surface area contributed by atoms with E-state index in [9.17, 15) is 9.59 Å². The third-order valence-electron chi connectivity index (χ3n) is 7.07. The molecular weight excluding hydrogens is 452 g/mol. The van der Waals surface area contributed by atoms with E-state index in [1.807, 2.05) is 73.3 Å². The maximum Gasteiger partial charge on any atom is 0.254 e. The van der Waals surface area contributed by atoms with Gasteiger partial charge in [-0.2, -0.15) is 0 Å². The van der Waals surface area contributed by atoms with Gasteiger partial charge in [-0.25, -0.2) is 0 Å². The average Bonchev–Trinajstić information content (AvgIpc) is 2.89. The Morgan fingerprint density at radius 3 is 2.44 bits per heavy atom. The number of nitrogens with one attached hydrogen (secondary N) is 1. The van der Waals surface area contributed by atoms with Gasteiger partial charge >= 0.3 is 0 Å². The Balaban J connectivity index is 1.63. The van der Waals surface area contributed by atoms with E-state index in [1.54, 1.807) is 0 Å². The summed E-state index contributed by atoms with van der Waals surface area (Å²) < 4.78 is 11.8. The highest BCUT2D eigenvalue weighted by atomic mass is 16.5. The molecule has 0 aromatic heterocycles. The lowest BCUT2D eigenvalue weighted by atomic mass is 9.75. The summed E-state index contributed by atoms with van der Waals surface area (Å²) in [7, 11) is 0. The van der Waals surface area contributed by atoms with Crippen LogP contribution in [0, 0.1) is 0 Å². The fraction of sp³-hybridized carbons (Fsp3) is 0.333. The van der Waals surface area contributed by atoms with Crippen LogP contribution in [-0.2, 0) is 17.6 Å². The van der Waals surface area contributed by atoms with Gasteiger partial charge in [0.1, 0.15) is 0 Å². The van der Waals surface area contributed by atoms with E-state index in [0.717, 1.165) is 34.4 Å². The van der Waals surface area contributed by atoms with E-state index in [2.05, 4.69) is 18.3 Å². The second kappa shape index (κ2) is 10.1. The van der Waals surface area contributed by atoms with Crippen LogP contribution in [-0.4, -0.2) is 36.5 Å². The maximum absolute atomic E-state index is 14.0. The van der Waals surface area contributed by atoms with Crippen molar-refractivity contribution in [2.45, 2.75) is 45.6 Å². The Bertz CT molecular complexity index is 1300. The van der Waals surface area contributed by atoms with Gasteiger partial charge in [0, 0.05) is 17.8 Å². The third kappa shape index (κ3) is 4.21. The number of nitrogens with zero attached hydrogens (tertiary/aromatic N) is 1. The third-order valence-corrected chi connectivity index (χ3v) is 7.07. The van der Waals surface area contributed by atoms with Crippen molar-refractivity contribution in [3.8, 4) is 11.5 Å². The highest BCUT2D eigenvalue weighted by Gasteiger charge is 2.46. The van der Waals surface area contributed by atoms with Gasteiger partial charge in [-0.3, -0.25) is 9.59 Å². The van der Waals surface area contributed by atoms with Gasteiger partial charge in [-0.15, -0.1) is 0 Å². The molecule has 186 valence electrons. The highest BCUT2D eigenvalue weighted by Crippen LogP contribution is 2.48. The zero-order valence-electron chi connectivity index (χ0n) is 21.0. The fourth-order valence-corrected chi connectivity index (χ4v) is 5.44. The average molecular weight is 485 g/mol. The molecule has 3 aromatic carbocycles. The Kier molecular flexibility index (Phi) is 6.68. The van der Waals surface area contributed by atoms with Crippen molar-refractivity contribution in [3.05, 3.63) is 88.5 Å². The molecule has 6 heteroatoms. The first-order valence-corrected chi connectivity index (χ1v) is 12.8. The number of ether oxygens (including phenoxy) is 2. The molecule has 2 heterocycles. The van der Waals surface area contributed by atoms with Crippen molar-refractivity contribution in [3.63, 3.8) is 0 Å². The Morgan fingerprint density at radius 2 is 1.69 bits per heavy atom. The normalized spacial score (nSPS) is 18.1. The number of aryl methyl sites for hydroxylation is 1. The number of benzene rings is 3. The topological polar surface area (TPSA) is 67.9 Å². The summed E-state index contributed by atoms with van der Waals surface area (Å²) in [5.74, 6) is 0.617. The molecule has 3 aromatic rings. The van der Waals surface area contributed by atoms with E-state index >= 15 is 0 Å². The number of amides is 2. The van der Waals surface area contributed by atoms with E-state index in [0.29, 0.717) is 43.2 Å². The minimum absolute atomic E-state index is 0.0369. The van der Waals surface area contributed by atoms with Crippen LogP contribution in [0.2, 0.25) is 0 Å². The van der Waals surface area contributed by atoms with E-state index < -0.39 is 12.0 Å². The number of hydrogen-bond acceptors (Lipinski definition) is 4. The summed E-state index contributed by atoms with van der Waals surface area (Å²) in [6, 6.07) is 19.0. The van der Waals surface area contributed by atoms with Crippen molar-refractivity contribution >= 4 is 17.5 Å². The van der Waals surface area contributed by atoms with Gasteiger partial charge in [0.15, 0.2) is 11.5 Å². The second-order valence-electron chi connectivity index (χ2n) is 9.17. The van der Waals surface area contributed by atoms with Crippen LogP contribution in [0.1, 0.15) is 65.3 Å². The first-order chi connectivity index (χ1) is 17.5. The summed E-state index contributed by atoms with van der Waals surface area (Å²) in [6.45, 7) is 7.53. The first-order valence-electron chi connectivity index (χ1n) is 12.8. The van der Waals surface area contributed by atoms with Gasteiger partial charge in [0.2, 0.25) is 5.91 Å². The van der Waals surface area contributed by atoms with Crippen LogP contribution in [0.5, 0.6) is 11.5 Å². The van der Waals surface area contributed by atoms with Crippen molar-refractivity contribution in [2.75, 3.05) is 25.1 Å². The summed E-state index contributed by atoms with van der Waals surface area (Å²) in [6.07, 6.45) is 1.58. The molecule has 0 spiro atoms. The second-order valence-corrected chi connectivity index (χ2v) is 9.17. The molecule has 2 aliphatic heterocycles. The first kappa shape index (κ1) is 23.9. The van der Waals surface area contributed by atoms with Crippen molar-refractivity contribution in [1.82, 2.24) is 4.90 Å². The van der Waals surface area contributed by atoms with Crippen molar-refractivity contribution in [2.24, 2.45) is 0 Å². The molecule has 0 saturated carbocycles. The van der Waals surface area contributed by atoms with Gasteiger partial charge in [0.25, 0.3) is 5.91 Å². The van der Waals surface area contributed by atoms with Gasteiger partial charge in [-0.05, 0) is 79.3 Å². The molecular formula is C30H32N2O4. The van der Waals surface area contributed by atoms with Crippen LogP contribution in [0.3, 0.4) is 0 Å². The van der Waals surface area contributed by atoms with Crippen molar-refractivity contribution < 1.29 is 19.1 Å². The number of rotatable bonds is 7. The van der Waals surface area contributed by atoms with E-state index in [4.69, 9.17) is 9.47 Å². The summed E-state index contributed by atoms with van der Waals surface area (Å²) >= 11 is 0. The molecule has 0 aliphatic carbocycles. The van der Waals surface area contributed by atoms with Gasteiger partial charge in [0.05, 0.1) is 25.2 Å². The number of hydrogen-bond donors (Lipinski definition) is 1. The number of fused-ring (bicyclic) bond motifs is 4. The predicted octanol–water partition coefficient (Wildman–Crippen LogP) is 5.52. The molecule has 0 radical (unpaired) electrons. The molecule has 2 aliphatic rings. The largest absolute Gasteiger partial charge is 0.490 e. The minimum Gasteiger partial charge on any atom is -0.490 e. The molecule has 6 nitrogen and oxygen atoms in total. The lowest BCUT2D eigenvalue weighted by Crippen LogP contribution is -2.49. The minimum atomic E-state index is -0.560. The molecule has 1 N–H and O–H groups in total. The van der Waals surface area contributed by atoms with Crippen LogP contribution in [0.15, 0.2) is 60.7 Å². The molecule has 0 fully saturated rings. The monoisotopic (exact) mass is 484 g/mol. The van der Waals surface area contributed by atoms with Crippen LogP contribution < -0.4 is 14.8 Å². The molecule has 2 amide bonds. The predicted molar refractivity (Wildman–Crippen MR) is 140 cm³/mol. The van der Waals surface area contributed by atoms with Crippen LogP contribution >= 0.6 is 0 Å². The molecule has 0 saturated heterocycles. The van der Waals surface area contributed by atoms with Crippen LogP contribution in [0.25, 0.3) is 0 Å². The highest BCUT2D eigenvalue weighted by molar-refractivity contribution is 6.04. The molecule has 0 bridgehead atoms. The van der Waals surface area contributed by atoms with Crippen LogP contribution in [0.4, 0.5) is 5.69 Å². The fourth-order valence-electron chi connectivity index (χ4n) is 5.44. The maximum atomic E-state index is 14.0. The zero-order chi connectivity index (χ0) is 25.2. The smallest absolute Gasteiger partial charge is 0.254 e. The molecule has 36 heavy (non-hydrogen) atoms. The number of carbonyl (C=O) groups is 2. The van der Waals surface area contributed by atoms with Gasteiger partial charge in [-0.1, -0.05) is 37.3 Å². The summed E-state index contributed by atoms with van der Waals surface area (Å²) in [4.78, 5) is 29.4. The van der Waals surface area contributed by atoms with E-state index in [-0.39, 0.29) is 11.8 Å². The lowest BCUT2D eigenvalue weighted by Gasteiger charge is -2.45. The standard InChI is InChI=1S/C30H32N2O4/c1-4-19-10-9-11-21(16-19)31-29(33)27-22-12-7-8-13-23(22)30(34)32-15-14-20-17-25(35-5-2)26(36-6-3)18-24(20)28(27)32/h7-13,16-18,27-28H,4-6,14-15H2,1-3H3,(H,31,33)/t27-,28-/m0/s1. The SMILES string of the molecule is CCOc1cc2c(cc1OCC)[C@H]1[C@@H](C(=O)Nc3cccc(CC)c3)c3ccccc3C(=O)N1CC2. The van der Waals surface area contributed by atoms with E-state index in [1.165, 1.54) is 0 Å². The quantitative estimate of drug-likeness (QED) is 0.479. The van der Waals surface area contributed by atoms with Crippen molar-refractivity contribution in [1.29, 1.82) is 0 Å².